The van der Waals surface area contributed by atoms with Crippen molar-refractivity contribution >= 4 is 34.7 Å². The Bertz CT molecular complexity index is 959. The average Bonchev–Trinajstić information content (AvgIpc) is 2.99. The zero-order chi connectivity index (χ0) is 18.3. The van der Waals surface area contributed by atoms with Crippen molar-refractivity contribution in [2.75, 3.05) is 0 Å². The van der Waals surface area contributed by atoms with Crippen LogP contribution in [0.2, 0.25) is 0 Å². The Morgan fingerprint density at radius 3 is 2.48 bits per heavy atom. The monoisotopic (exact) mass is 357 g/mol. The molecule has 0 atom stereocenters. The molecule has 1 aromatic carbocycles. The summed E-state index contributed by atoms with van der Waals surface area (Å²) >= 11 is 0.874. The van der Waals surface area contributed by atoms with Crippen LogP contribution in [0.15, 0.2) is 29.2 Å². The largest absolute Gasteiger partial charge is 0.318 e. The Morgan fingerprint density at radius 1 is 1.20 bits per heavy atom. The van der Waals surface area contributed by atoms with Crippen molar-refractivity contribution in [3.63, 3.8) is 0 Å². The Kier molecular flexibility index (Phi) is 4.22. The lowest BCUT2D eigenvalue weighted by Crippen LogP contribution is -2.17. The smallest absolute Gasteiger partial charge is 0.290 e. The molecule has 0 saturated carbocycles. The van der Waals surface area contributed by atoms with E-state index in [9.17, 15) is 19.7 Å². The van der Waals surface area contributed by atoms with Crippen molar-refractivity contribution in [3.05, 3.63) is 61.8 Å². The molecule has 3 rings (SSSR count). The molecule has 0 spiro atoms. The summed E-state index contributed by atoms with van der Waals surface area (Å²) in [7, 11) is 0. The van der Waals surface area contributed by atoms with E-state index in [-0.39, 0.29) is 10.9 Å². The minimum absolute atomic E-state index is 0.0450. The van der Waals surface area contributed by atoms with Crippen LogP contribution >= 0.6 is 11.8 Å². The number of non-ortho nitro benzene ring substituents is 1. The molecule has 0 radical (unpaired) electrons. The molecule has 1 aliphatic heterocycles. The fourth-order valence-corrected chi connectivity index (χ4v) is 3.54. The number of nitrogens with one attached hydrogen (secondary N) is 1. The SMILES string of the molecule is Cc1cc([N+](=O)[O-])ccc1-n1c(C)cc(/C=C2\SC(=O)NC2=O)c1C. The van der Waals surface area contributed by atoms with Gasteiger partial charge in [0, 0.05) is 29.2 Å². The van der Waals surface area contributed by atoms with E-state index in [1.807, 2.05) is 31.4 Å². The van der Waals surface area contributed by atoms with Gasteiger partial charge in [0.05, 0.1) is 9.83 Å². The molecule has 0 bridgehead atoms. The van der Waals surface area contributed by atoms with Gasteiger partial charge < -0.3 is 4.57 Å². The first-order chi connectivity index (χ1) is 11.8. The Morgan fingerprint density at radius 2 is 1.92 bits per heavy atom. The summed E-state index contributed by atoms with van der Waals surface area (Å²) in [5, 5.41) is 12.8. The molecular formula is C17H15N3O4S. The second kappa shape index (κ2) is 6.21. The fraction of sp³-hybridized carbons (Fsp3) is 0.176. The van der Waals surface area contributed by atoms with Crippen molar-refractivity contribution in [3.8, 4) is 5.69 Å². The Balaban J connectivity index is 2.07. The molecule has 1 aliphatic rings. The number of rotatable bonds is 3. The highest BCUT2D eigenvalue weighted by Gasteiger charge is 2.25. The third-order valence-electron chi connectivity index (χ3n) is 4.03. The number of nitrogens with zero attached hydrogens (tertiary/aromatic N) is 2. The first-order valence-corrected chi connectivity index (χ1v) is 8.29. The van der Waals surface area contributed by atoms with E-state index < -0.39 is 10.8 Å². The highest BCUT2D eigenvalue weighted by molar-refractivity contribution is 8.18. The van der Waals surface area contributed by atoms with E-state index in [1.54, 1.807) is 12.1 Å². The third-order valence-corrected chi connectivity index (χ3v) is 4.84. The van der Waals surface area contributed by atoms with E-state index in [2.05, 4.69) is 5.32 Å². The van der Waals surface area contributed by atoms with Crippen LogP contribution < -0.4 is 5.32 Å². The summed E-state index contributed by atoms with van der Waals surface area (Å²) in [5.74, 6) is -0.397. The minimum atomic E-state index is -0.422. The maximum absolute atomic E-state index is 11.7. The van der Waals surface area contributed by atoms with Gasteiger partial charge >= 0.3 is 0 Å². The van der Waals surface area contributed by atoms with Crippen LogP contribution in [0.5, 0.6) is 0 Å². The Hall–Kier alpha value is -2.87. The van der Waals surface area contributed by atoms with Gasteiger partial charge in [0.2, 0.25) is 0 Å². The van der Waals surface area contributed by atoms with Crippen molar-refractivity contribution in [1.82, 2.24) is 9.88 Å². The molecule has 128 valence electrons. The van der Waals surface area contributed by atoms with E-state index in [4.69, 9.17) is 0 Å². The highest BCUT2D eigenvalue weighted by atomic mass is 32.2. The molecular weight excluding hydrogens is 342 g/mol. The number of nitro benzene ring substituents is 1. The van der Waals surface area contributed by atoms with Crippen molar-refractivity contribution < 1.29 is 14.5 Å². The number of benzene rings is 1. The maximum atomic E-state index is 11.7. The van der Waals surface area contributed by atoms with Gasteiger partial charge in [-0.3, -0.25) is 25.0 Å². The standard InChI is InChI=1S/C17H15N3O4S/c1-9-6-13(20(23)24)4-5-14(9)19-10(2)7-12(11(19)3)8-15-16(21)18-17(22)25-15/h4-8H,1-3H3,(H,18,21,22)/b15-8-. The van der Waals surface area contributed by atoms with Crippen LogP contribution in [0.4, 0.5) is 10.5 Å². The zero-order valence-electron chi connectivity index (χ0n) is 13.8. The van der Waals surface area contributed by atoms with Gasteiger partial charge in [-0.2, -0.15) is 0 Å². The number of aryl methyl sites for hydroxylation is 2. The van der Waals surface area contributed by atoms with E-state index >= 15 is 0 Å². The molecule has 2 heterocycles. The summed E-state index contributed by atoms with van der Waals surface area (Å²) in [5.41, 5.74) is 4.29. The maximum Gasteiger partial charge on any atom is 0.290 e. The van der Waals surface area contributed by atoms with Gasteiger partial charge in [-0.15, -0.1) is 0 Å². The van der Waals surface area contributed by atoms with Crippen LogP contribution in [-0.4, -0.2) is 20.6 Å². The number of nitro groups is 1. The molecule has 1 saturated heterocycles. The number of carbonyl (C=O) groups is 2. The molecule has 1 aromatic heterocycles. The number of aromatic nitrogens is 1. The molecule has 2 amide bonds. The lowest BCUT2D eigenvalue weighted by Gasteiger charge is -2.12. The van der Waals surface area contributed by atoms with Crippen LogP contribution in [0, 0.1) is 30.9 Å². The van der Waals surface area contributed by atoms with Gasteiger partial charge in [-0.1, -0.05) is 0 Å². The normalized spacial score (nSPS) is 15.7. The van der Waals surface area contributed by atoms with Crippen LogP contribution in [0.25, 0.3) is 11.8 Å². The number of imide groups is 1. The van der Waals surface area contributed by atoms with Crippen molar-refractivity contribution in [1.29, 1.82) is 0 Å². The molecule has 1 N–H and O–H groups in total. The fourth-order valence-electron chi connectivity index (χ4n) is 2.87. The topological polar surface area (TPSA) is 94.2 Å². The van der Waals surface area contributed by atoms with Gasteiger partial charge in [-0.05, 0) is 61.9 Å². The van der Waals surface area contributed by atoms with Gasteiger partial charge in [0.1, 0.15) is 0 Å². The van der Waals surface area contributed by atoms with Gasteiger partial charge in [0.15, 0.2) is 0 Å². The average molecular weight is 357 g/mol. The second-order valence-corrected chi connectivity index (χ2v) is 6.76. The molecule has 2 aromatic rings. The van der Waals surface area contributed by atoms with E-state index in [0.29, 0.717) is 4.91 Å². The Labute approximate surface area is 147 Å². The zero-order valence-corrected chi connectivity index (χ0v) is 14.6. The number of thioether (sulfide) groups is 1. The van der Waals surface area contributed by atoms with Crippen molar-refractivity contribution in [2.45, 2.75) is 20.8 Å². The predicted octanol–water partition coefficient (Wildman–Crippen LogP) is 3.63. The molecule has 8 heteroatoms. The van der Waals surface area contributed by atoms with Crippen LogP contribution in [-0.2, 0) is 4.79 Å². The summed E-state index contributed by atoms with van der Waals surface area (Å²) in [6.45, 7) is 5.64. The van der Waals surface area contributed by atoms with Crippen LogP contribution in [0.1, 0.15) is 22.5 Å². The molecule has 0 aliphatic carbocycles. The summed E-state index contributed by atoms with van der Waals surface area (Å²) in [6, 6.07) is 6.63. The summed E-state index contributed by atoms with van der Waals surface area (Å²) < 4.78 is 1.98. The van der Waals surface area contributed by atoms with Gasteiger partial charge in [-0.25, -0.2) is 0 Å². The number of amides is 2. The lowest BCUT2D eigenvalue weighted by molar-refractivity contribution is -0.384. The van der Waals surface area contributed by atoms with Crippen molar-refractivity contribution in [2.24, 2.45) is 0 Å². The number of carbonyl (C=O) groups excluding carboxylic acids is 2. The first-order valence-electron chi connectivity index (χ1n) is 7.47. The second-order valence-electron chi connectivity index (χ2n) is 5.74. The number of hydrogen-bond donors (Lipinski definition) is 1. The van der Waals surface area contributed by atoms with E-state index in [1.165, 1.54) is 12.1 Å². The summed E-state index contributed by atoms with van der Waals surface area (Å²) in [6.07, 6.45) is 1.68. The quantitative estimate of drug-likeness (QED) is 0.514. The minimum Gasteiger partial charge on any atom is -0.318 e. The molecule has 1 fully saturated rings. The third kappa shape index (κ3) is 3.08. The summed E-state index contributed by atoms with van der Waals surface area (Å²) in [4.78, 5) is 33.9. The molecule has 25 heavy (non-hydrogen) atoms. The van der Waals surface area contributed by atoms with Crippen LogP contribution in [0.3, 0.4) is 0 Å². The lowest BCUT2D eigenvalue weighted by atomic mass is 10.1. The van der Waals surface area contributed by atoms with E-state index in [0.717, 1.165) is 40.0 Å². The van der Waals surface area contributed by atoms with Gasteiger partial charge in [0.25, 0.3) is 16.8 Å². The molecule has 0 unspecified atom stereocenters. The number of hydrogen-bond acceptors (Lipinski definition) is 5. The predicted molar refractivity (Wildman–Crippen MR) is 95.7 cm³/mol. The molecule has 7 nitrogen and oxygen atoms in total. The highest BCUT2D eigenvalue weighted by Crippen LogP contribution is 2.30. The first kappa shape index (κ1) is 17.0.